The van der Waals surface area contributed by atoms with Crippen LogP contribution < -0.4 is 16.4 Å². The van der Waals surface area contributed by atoms with Crippen molar-refractivity contribution in [2.45, 2.75) is 50.1 Å². The second-order valence-corrected chi connectivity index (χ2v) is 9.32. The van der Waals surface area contributed by atoms with Crippen LogP contribution >= 0.6 is 11.8 Å². The number of H-pyrrole nitrogens is 1. The summed E-state index contributed by atoms with van der Waals surface area (Å²) in [5.41, 5.74) is 2.10. The minimum atomic E-state index is -0.296. The van der Waals surface area contributed by atoms with Crippen LogP contribution in [0.4, 0.5) is 5.82 Å². The third-order valence-corrected chi connectivity index (χ3v) is 6.40. The minimum absolute atomic E-state index is 0.185. The Kier molecular flexibility index (Phi) is 5.86. The standard InChI is InChI=1S/C23H24N8O2S/c1-12(2)31-21-16(29-20(23(31)33)25-8-14-6-7-15(34-3)9-24-14)10-26-19(30-21)17-18(13-4-5-13)27-11-28-22(17)32/h6-7,9-13H,4-5,8H2,1-3H3,(H,25,29)(H,27,28,32). The van der Waals surface area contributed by atoms with Crippen molar-refractivity contribution in [3.63, 3.8) is 0 Å². The number of fused-ring (bicyclic) bond motifs is 1. The van der Waals surface area contributed by atoms with Crippen LogP contribution in [0.2, 0.25) is 0 Å². The van der Waals surface area contributed by atoms with E-state index >= 15 is 0 Å². The Hall–Kier alpha value is -3.60. The number of thioether (sulfide) groups is 1. The molecule has 0 aliphatic heterocycles. The molecule has 5 rings (SSSR count). The van der Waals surface area contributed by atoms with Gasteiger partial charge >= 0.3 is 0 Å². The molecule has 2 N–H and O–H groups in total. The smallest absolute Gasteiger partial charge is 0.295 e. The maximum absolute atomic E-state index is 13.3. The number of hydrogen-bond donors (Lipinski definition) is 2. The summed E-state index contributed by atoms with van der Waals surface area (Å²) in [6.45, 7) is 4.17. The highest BCUT2D eigenvalue weighted by atomic mass is 32.2. The first-order valence-electron chi connectivity index (χ1n) is 11.1. The predicted octanol–water partition coefficient (Wildman–Crippen LogP) is 3.12. The van der Waals surface area contributed by atoms with E-state index in [1.807, 2.05) is 32.2 Å². The van der Waals surface area contributed by atoms with Gasteiger partial charge in [0, 0.05) is 23.1 Å². The van der Waals surface area contributed by atoms with Crippen molar-refractivity contribution in [1.29, 1.82) is 0 Å². The molecule has 0 spiro atoms. The van der Waals surface area contributed by atoms with Gasteiger partial charge in [-0.1, -0.05) is 0 Å². The number of hydrogen-bond acceptors (Lipinski definition) is 9. The first kappa shape index (κ1) is 22.2. The van der Waals surface area contributed by atoms with Gasteiger partial charge in [0.15, 0.2) is 17.3 Å². The molecule has 4 heterocycles. The maximum atomic E-state index is 13.3. The van der Waals surface area contributed by atoms with Gasteiger partial charge in [0.25, 0.3) is 11.1 Å². The van der Waals surface area contributed by atoms with Crippen molar-refractivity contribution in [2.75, 3.05) is 11.6 Å². The summed E-state index contributed by atoms with van der Waals surface area (Å²) >= 11 is 1.62. The van der Waals surface area contributed by atoms with Gasteiger partial charge in [-0.3, -0.25) is 19.1 Å². The molecule has 1 aliphatic carbocycles. The summed E-state index contributed by atoms with van der Waals surface area (Å²) in [6.07, 6.45) is 8.72. The molecular weight excluding hydrogens is 452 g/mol. The lowest BCUT2D eigenvalue weighted by Crippen LogP contribution is -2.28. The van der Waals surface area contributed by atoms with E-state index in [0.717, 1.165) is 23.4 Å². The summed E-state index contributed by atoms with van der Waals surface area (Å²) in [6, 6.07) is 3.72. The second kappa shape index (κ2) is 8.98. The molecule has 0 atom stereocenters. The molecule has 0 amide bonds. The van der Waals surface area contributed by atoms with Gasteiger partial charge < -0.3 is 10.3 Å². The van der Waals surface area contributed by atoms with E-state index < -0.39 is 0 Å². The number of aromatic amines is 1. The molecule has 1 fully saturated rings. The van der Waals surface area contributed by atoms with Crippen molar-refractivity contribution < 1.29 is 0 Å². The van der Waals surface area contributed by atoms with Gasteiger partial charge in [0.1, 0.15) is 11.1 Å². The lowest BCUT2D eigenvalue weighted by Gasteiger charge is -2.16. The topological polar surface area (TPSA) is 131 Å². The van der Waals surface area contributed by atoms with E-state index in [4.69, 9.17) is 0 Å². The SMILES string of the molecule is CSc1ccc(CNc2nc3cnc(-c4c(C5CC5)nc[nH]c4=O)nc3n(C(C)C)c2=O)nc1. The van der Waals surface area contributed by atoms with Gasteiger partial charge in [0.2, 0.25) is 0 Å². The fourth-order valence-corrected chi connectivity index (χ4v) is 4.18. The summed E-state index contributed by atoms with van der Waals surface area (Å²) in [5, 5.41) is 3.11. The van der Waals surface area contributed by atoms with E-state index in [9.17, 15) is 9.59 Å². The van der Waals surface area contributed by atoms with Crippen molar-refractivity contribution in [3.8, 4) is 11.4 Å². The summed E-state index contributed by atoms with van der Waals surface area (Å²) in [7, 11) is 0. The highest BCUT2D eigenvalue weighted by Crippen LogP contribution is 2.41. The summed E-state index contributed by atoms with van der Waals surface area (Å²) < 4.78 is 1.57. The number of nitrogens with one attached hydrogen (secondary N) is 2. The van der Waals surface area contributed by atoms with Crippen molar-refractivity contribution in [1.82, 2.24) is 34.5 Å². The van der Waals surface area contributed by atoms with E-state index in [-0.39, 0.29) is 34.7 Å². The highest BCUT2D eigenvalue weighted by molar-refractivity contribution is 7.98. The molecule has 1 saturated carbocycles. The van der Waals surface area contributed by atoms with Crippen LogP contribution in [-0.2, 0) is 6.54 Å². The van der Waals surface area contributed by atoms with Crippen LogP contribution in [0.1, 0.15) is 50.0 Å². The number of aromatic nitrogens is 7. The normalized spacial score (nSPS) is 13.5. The number of pyridine rings is 1. The molecule has 0 unspecified atom stereocenters. The van der Waals surface area contributed by atoms with Gasteiger partial charge in [-0.15, -0.1) is 11.8 Å². The van der Waals surface area contributed by atoms with Crippen LogP contribution in [0.3, 0.4) is 0 Å². The third kappa shape index (κ3) is 4.18. The zero-order valence-electron chi connectivity index (χ0n) is 19.1. The lowest BCUT2D eigenvalue weighted by molar-refractivity contribution is 0.593. The van der Waals surface area contributed by atoms with E-state index in [1.165, 1.54) is 6.33 Å². The van der Waals surface area contributed by atoms with Crippen LogP contribution in [0.5, 0.6) is 0 Å². The molecule has 0 aromatic carbocycles. The molecule has 174 valence electrons. The van der Waals surface area contributed by atoms with Crippen molar-refractivity contribution >= 4 is 28.7 Å². The van der Waals surface area contributed by atoms with Crippen LogP contribution in [-0.4, -0.2) is 40.7 Å². The molecule has 0 bridgehead atoms. The third-order valence-electron chi connectivity index (χ3n) is 5.69. The Labute approximate surface area is 199 Å². The van der Waals surface area contributed by atoms with Crippen LogP contribution in [0.25, 0.3) is 22.6 Å². The Balaban J connectivity index is 1.56. The monoisotopic (exact) mass is 476 g/mol. The molecule has 10 nitrogen and oxygen atoms in total. The molecule has 0 radical (unpaired) electrons. The molecule has 1 aliphatic rings. The van der Waals surface area contributed by atoms with E-state index in [1.54, 1.807) is 28.7 Å². The average molecular weight is 477 g/mol. The highest BCUT2D eigenvalue weighted by Gasteiger charge is 2.30. The maximum Gasteiger partial charge on any atom is 0.295 e. The molecule has 34 heavy (non-hydrogen) atoms. The molecule has 0 saturated heterocycles. The first-order chi connectivity index (χ1) is 16.5. The average Bonchev–Trinajstić information content (AvgIpc) is 3.68. The molecular formula is C23H24N8O2S. The Bertz CT molecular complexity index is 1480. The fraction of sp³-hybridized carbons (Fsp3) is 0.348. The van der Waals surface area contributed by atoms with Crippen molar-refractivity contribution in [3.05, 3.63) is 62.9 Å². The Morgan fingerprint density at radius 3 is 2.65 bits per heavy atom. The largest absolute Gasteiger partial charge is 0.360 e. The summed E-state index contributed by atoms with van der Waals surface area (Å²) in [4.78, 5) is 52.0. The van der Waals surface area contributed by atoms with Crippen molar-refractivity contribution in [2.24, 2.45) is 0 Å². The first-order valence-corrected chi connectivity index (χ1v) is 12.3. The molecule has 11 heteroatoms. The molecule has 4 aromatic heterocycles. The number of nitrogens with zero attached hydrogens (tertiary/aromatic N) is 6. The minimum Gasteiger partial charge on any atom is -0.360 e. The van der Waals surface area contributed by atoms with E-state index in [0.29, 0.717) is 29.0 Å². The fourth-order valence-electron chi connectivity index (χ4n) is 3.82. The van der Waals surface area contributed by atoms with Gasteiger partial charge in [0.05, 0.1) is 30.5 Å². The number of anilines is 1. The lowest BCUT2D eigenvalue weighted by atomic mass is 10.1. The Morgan fingerprint density at radius 1 is 1.15 bits per heavy atom. The molecule has 4 aromatic rings. The Morgan fingerprint density at radius 2 is 1.97 bits per heavy atom. The zero-order chi connectivity index (χ0) is 23.8. The number of rotatable bonds is 7. The van der Waals surface area contributed by atoms with Gasteiger partial charge in [-0.05, 0) is 45.1 Å². The van der Waals surface area contributed by atoms with Crippen LogP contribution in [0.15, 0.2) is 45.3 Å². The second-order valence-electron chi connectivity index (χ2n) is 8.44. The zero-order valence-corrected chi connectivity index (χ0v) is 19.9. The van der Waals surface area contributed by atoms with Gasteiger partial charge in [-0.2, -0.15) is 0 Å². The van der Waals surface area contributed by atoms with Gasteiger partial charge in [-0.25, -0.2) is 19.9 Å². The van der Waals surface area contributed by atoms with Crippen LogP contribution in [0, 0.1) is 0 Å². The van der Waals surface area contributed by atoms with E-state index in [2.05, 4.69) is 35.2 Å². The predicted molar refractivity (Wildman–Crippen MR) is 131 cm³/mol. The summed E-state index contributed by atoms with van der Waals surface area (Å²) in [5.74, 6) is 0.691. The quantitative estimate of drug-likeness (QED) is 0.386.